The lowest BCUT2D eigenvalue weighted by Crippen LogP contribution is -2.45. The molecule has 1 aromatic heterocycles. The number of likely N-dealkylation sites (tertiary alicyclic amines) is 1. The number of piperidine rings is 1. The lowest BCUT2D eigenvalue weighted by atomic mass is 9.96. The molecule has 1 fully saturated rings. The minimum Gasteiger partial charge on any atom is -0.352 e. The molecule has 4 rings (SSSR count). The van der Waals surface area contributed by atoms with Crippen LogP contribution in [-0.4, -0.2) is 39.4 Å². The summed E-state index contributed by atoms with van der Waals surface area (Å²) in [4.78, 5) is 31.3. The minimum atomic E-state index is -0.374. The molecule has 1 aliphatic heterocycles. The molecule has 0 bridgehead atoms. The number of carbonyl (C=O) groups excluding carboxylic acids is 2. The van der Waals surface area contributed by atoms with E-state index in [0.29, 0.717) is 31.7 Å². The van der Waals surface area contributed by atoms with E-state index in [0.717, 1.165) is 24.0 Å². The van der Waals surface area contributed by atoms with E-state index in [4.69, 9.17) is 0 Å². The maximum atomic E-state index is 13.1. The Kier molecular flexibility index (Phi) is 6.40. The highest BCUT2D eigenvalue weighted by molar-refractivity contribution is 5.94. The molecule has 1 unspecified atom stereocenters. The highest BCUT2D eigenvalue weighted by Gasteiger charge is 2.28. The molecule has 0 aliphatic carbocycles. The van der Waals surface area contributed by atoms with Crippen LogP contribution in [0, 0.1) is 11.7 Å². The standard InChI is InChI=1S/C24H25FN4O2/c25-22-9-7-18(8-10-22)24(31)29-12-3-6-21(16-29)23(30)27-14-19-4-1-2-5-20(19)15-28-13-11-26-17-28/h1-2,4-5,7-11,13,17,21H,3,6,12,14-16H2,(H,27,30). The number of nitrogens with zero attached hydrogens (tertiary/aromatic N) is 3. The highest BCUT2D eigenvalue weighted by atomic mass is 19.1. The van der Waals surface area contributed by atoms with Gasteiger partial charge in [0.05, 0.1) is 12.2 Å². The number of rotatable bonds is 6. The van der Waals surface area contributed by atoms with Gasteiger partial charge in [0.25, 0.3) is 5.91 Å². The second-order valence-corrected chi connectivity index (χ2v) is 7.82. The van der Waals surface area contributed by atoms with Crippen LogP contribution in [0.2, 0.25) is 0 Å². The fourth-order valence-electron chi connectivity index (χ4n) is 3.94. The number of imidazole rings is 1. The molecule has 2 heterocycles. The number of amides is 2. The van der Waals surface area contributed by atoms with Crippen LogP contribution < -0.4 is 5.32 Å². The van der Waals surface area contributed by atoms with Crippen LogP contribution in [0.4, 0.5) is 4.39 Å². The molecule has 0 spiro atoms. The summed E-state index contributed by atoms with van der Waals surface area (Å²) in [7, 11) is 0. The molecule has 2 amide bonds. The van der Waals surface area contributed by atoms with Gasteiger partial charge in [0.15, 0.2) is 0 Å². The minimum absolute atomic E-state index is 0.0472. The Morgan fingerprint density at radius 2 is 1.87 bits per heavy atom. The zero-order valence-electron chi connectivity index (χ0n) is 17.2. The fraction of sp³-hybridized carbons (Fsp3) is 0.292. The van der Waals surface area contributed by atoms with E-state index in [-0.39, 0.29) is 23.5 Å². The molecule has 7 heteroatoms. The summed E-state index contributed by atoms with van der Waals surface area (Å²) in [6.45, 7) is 2.11. The molecule has 160 valence electrons. The Hall–Kier alpha value is -3.48. The maximum absolute atomic E-state index is 13.1. The van der Waals surface area contributed by atoms with Gasteiger partial charge in [0.2, 0.25) is 5.91 Å². The highest BCUT2D eigenvalue weighted by Crippen LogP contribution is 2.20. The van der Waals surface area contributed by atoms with Crippen LogP contribution in [0.25, 0.3) is 0 Å². The molecule has 0 radical (unpaired) electrons. The number of nitrogens with one attached hydrogen (secondary N) is 1. The molecule has 1 atom stereocenters. The van der Waals surface area contributed by atoms with Crippen LogP contribution in [0.1, 0.15) is 34.3 Å². The molecule has 1 N–H and O–H groups in total. The number of carbonyl (C=O) groups is 2. The van der Waals surface area contributed by atoms with Crippen molar-refractivity contribution in [3.63, 3.8) is 0 Å². The number of benzene rings is 2. The summed E-state index contributed by atoms with van der Waals surface area (Å²) < 4.78 is 15.1. The van der Waals surface area contributed by atoms with Gasteiger partial charge in [-0.15, -0.1) is 0 Å². The summed E-state index contributed by atoms with van der Waals surface area (Å²) in [5, 5.41) is 3.04. The van der Waals surface area contributed by atoms with Gasteiger partial charge in [-0.05, 0) is 48.2 Å². The van der Waals surface area contributed by atoms with Gasteiger partial charge < -0.3 is 14.8 Å². The van der Waals surface area contributed by atoms with E-state index in [9.17, 15) is 14.0 Å². The summed E-state index contributed by atoms with van der Waals surface area (Å²) in [6.07, 6.45) is 6.93. The Morgan fingerprint density at radius 1 is 1.10 bits per heavy atom. The molecule has 2 aromatic carbocycles. The number of aromatic nitrogens is 2. The van der Waals surface area contributed by atoms with Crippen LogP contribution in [0.15, 0.2) is 67.3 Å². The van der Waals surface area contributed by atoms with Crippen LogP contribution >= 0.6 is 0 Å². The van der Waals surface area contributed by atoms with Gasteiger partial charge in [-0.3, -0.25) is 9.59 Å². The molecule has 0 saturated carbocycles. The molecule has 3 aromatic rings. The molecule has 31 heavy (non-hydrogen) atoms. The van der Waals surface area contributed by atoms with Gasteiger partial charge in [-0.2, -0.15) is 0 Å². The molecular formula is C24H25FN4O2. The van der Waals surface area contributed by atoms with E-state index in [1.54, 1.807) is 17.4 Å². The summed E-state index contributed by atoms with van der Waals surface area (Å²) >= 11 is 0. The lowest BCUT2D eigenvalue weighted by Gasteiger charge is -2.32. The average molecular weight is 420 g/mol. The van der Waals surface area contributed by atoms with Crippen molar-refractivity contribution in [2.24, 2.45) is 5.92 Å². The van der Waals surface area contributed by atoms with Crippen molar-refractivity contribution in [2.75, 3.05) is 13.1 Å². The van der Waals surface area contributed by atoms with Gasteiger partial charge in [0.1, 0.15) is 5.82 Å². The maximum Gasteiger partial charge on any atom is 0.253 e. The van der Waals surface area contributed by atoms with Crippen molar-refractivity contribution in [3.05, 3.63) is 89.8 Å². The van der Waals surface area contributed by atoms with Crippen LogP contribution in [0.5, 0.6) is 0 Å². The SMILES string of the molecule is O=C(NCc1ccccc1Cn1ccnc1)C1CCCN(C(=O)c2ccc(F)cc2)C1. The van der Waals surface area contributed by atoms with Crippen LogP contribution in [-0.2, 0) is 17.9 Å². The first-order valence-electron chi connectivity index (χ1n) is 10.5. The van der Waals surface area contributed by atoms with Crippen molar-refractivity contribution in [1.82, 2.24) is 19.8 Å². The summed E-state index contributed by atoms with van der Waals surface area (Å²) in [5.74, 6) is -0.836. The van der Waals surface area contributed by atoms with E-state index < -0.39 is 0 Å². The third-order valence-electron chi connectivity index (χ3n) is 5.65. The molecule has 6 nitrogen and oxygen atoms in total. The normalized spacial score (nSPS) is 16.2. The third-order valence-corrected chi connectivity index (χ3v) is 5.65. The Labute approximate surface area is 180 Å². The largest absolute Gasteiger partial charge is 0.352 e. The predicted octanol–water partition coefficient (Wildman–Crippen LogP) is 3.24. The van der Waals surface area contributed by atoms with E-state index in [1.165, 1.54) is 24.3 Å². The first-order valence-corrected chi connectivity index (χ1v) is 10.5. The second-order valence-electron chi connectivity index (χ2n) is 7.82. The topological polar surface area (TPSA) is 67.2 Å². The quantitative estimate of drug-likeness (QED) is 0.666. The van der Waals surface area contributed by atoms with Gasteiger partial charge in [-0.25, -0.2) is 9.37 Å². The predicted molar refractivity (Wildman–Crippen MR) is 115 cm³/mol. The first-order chi connectivity index (χ1) is 15.1. The van der Waals surface area contributed by atoms with Crippen molar-refractivity contribution < 1.29 is 14.0 Å². The van der Waals surface area contributed by atoms with Crippen molar-refractivity contribution in [2.45, 2.75) is 25.9 Å². The Bertz CT molecular complexity index is 1030. The Morgan fingerprint density at radius 3 is 2.61 bits per heavy atom. The number of hydrogen-bond donors (Lipinski definition) is 1. The fourth-order valence-corrected chi connectivity index (χ4v) is 3.94. The van der Waals surface area contributed by atoms with Crippen molar-refractivity contribution in [1.29, 1.82) is 0 Å². The van der Waals surface area contributed by atoms with Gasteiger partial charge in [0, 0.05) is 44.1 Å². The second kappa shape index (κ2) is 9.55. The monoisotopic (exact) mass is 420 g/mol. The zero-order valence-corrected chi connectivity index (χ0v) is 17.2. The summed E-state index contributed by atoms with van der Waals surface area (Å²) in [6, 6.07) is 13.5. The Balaban J connectivity index is 1.36. The van der Waals surface area contributed by atoms with Crippen molar-refractivity contribution >= 4 is 11.8 Å². The molecule has 1 saturated heterocycles. The summed E-state index contributed by atoms with van der Waals surface area (Å²) in [5.41, 5.74) is 2.62. The van der Waals surface area contributed by atoms with E-state index >= 15 is 0 Å². The third kappa shape index (κ3) is 5.17. The number of halogens is 1. The van der Waals surface area contributed by atoms with E-state index in [2.05, 4.69) is 10.3 Å². The molecular weight excluding hydrogens is 395 g/mol. The number of hydrogen-bond acceptors (Lipinski definition) is 3. The van der Waals surface area contributed by atoms with Gasteiger partial charge >= 0.3 is 0 Å². The van der Waals surface area contributed by atoms with Crippen LogP contribution in [0.3, 0.4) is 0 Å². The van der Waals surface area contributed by atoms with E-state index in [1.807, 2.05) is 35.0 Å². The zero-order chi connectivity index (χ0) is 21.6. The smallest absolute Gasteiger partial charge is 0.253 e. The average Bonchev–Trinajstić information content (AvgIpc) is 3.31. The lowest BCUT2D eigenvalue weighted by molar-refractivity contribution is -0.126. The first kappa shape index (κ1) is 20.8. The molecule has 1 aliphatic rings. The van der Waals surface area contributed by atoms with Crippen molar-refractivity contribution in [3.8, 4) is 0 Å². The van der Waals surface area contributed by atoms with Gasteiger partial charge in [-0.1, -0.05) is 24.3 Å².